The van der Waals surface area contributed by atoms with E-state index in [-0.39, 0.29) is 0 Å². The lowest BCUT2D eigenvalue weighted by atomic mass is 9.92. The molecule has 1 aliphatic carbocycles. The third kappa shape index (κ3) is 1.23. The van der Waals surface area contributed by atoms with Crippen molar-refractivity contribution < 1.29 is 5.11 Å². The zero-order chi connectivity index (χ0) is 10.3. The topological polar surface area (TPSA) is 20.2 Å². The number of fused-ring (bicyclic) bond motifs is 3. The molecule has 1 N–H and O–H groups in total. The van der Waals surface area contributed by atoms with Crippen molar-refractivity contribution in [3.05, 3.63) is 47.5 Å². The number of hydrogen-bond acceptors (Lipinski definition) is 1. The summed E-state index contributed by atoms with van der Waals surface area (Å²) >= 11 is 0. The molecule has 15 heavy (non-hydrogen) atoms. The largest absolute Gasteiger partial charge is 0.507 e. The van der Waals surface area contributed by atoms with Crippen LogP contribution in [0.1, 0.15) is 17.5 Å². The second kappa shape index (κ2) is 3.13. The number of rotatable bonds is 0. The predicted molar refractivity (Wildman–Crippen MR) is 63.0 cm³/mol. The molecule has 2 aromatic rings. The lowest BCUT2D eigenvalue weighted by molar-refractivity contribution is 0.481. The molecular weight excluding hydrogens is 184 g/mol. The first-order chi connectivity index (χ1) is 7.36. The Morgan fingerprint density at radius 1 is 1.07 bits per heavy atom. The number of phenols is 1. The number of phenolic OH excluding ortho intramolecular Hbond substituents is 1. The molecule has 0 fully saturated rings. The summed E-state index contributed by atoms with van der Waals surface area (Å²) in [5, 5.41) is 12.0. The van der Waals surface area contributed by atoms with Crippen molar-refractivity contribution in [3.63, 3.8) is 0 Å². The highest BCUT2D eigenvalue weighted by Crippen LogP contribution is 2.33. The predicted octanol–water partition coefficient (Wildman–Crippen LogP) is 3.50. The molecule has 0 aliphatic heterocycles. The summed E-state index contributed by atoms with van der Waals surface area (Å²) in [6.07, 6.45) is 6.47. The molecule has 0 bridgehead atoms. The second-order valence-electron chi connectivity index (χ2n) is 3.96. The minimum absolute atomic E-state index is 0.402. The third-order valence-corrected chi connectivity index (χ3v) is 3.01. The molecule has 0 saturated heterocycles. The maximum absolute atomic E-state index is 9.90. The van der Waals surface area contributed by atoms with Gasteiger partial charge in [-0.15, -0.1) is 0 Å². The molecule has 1 aliphatic rings. The number of benzene rings is 2. The van der Waals surface area contributed by atoms with Crippen LogP contribution in [0.15, 0.2) is 36.4 Å². The van der Waals surface area contributed by atoms with Gasteiger partial charge in [-0.3, -0.25) is 0 Å². The fraction of sp³-hybridized carbons (Fsp3) is 0.143. The molecule has 2 aromatic carbocycles. The van der Waals surface area contributed by atoms with Crippen molar-refractivity contribution in [1.29, 1.82) is 0 Å². The van der Waals surface area contributed by atoms with Crippen molar-refractivity contribution in [2.45, 2.75) is 12.8 Å². The van der Waals surface area contributed by atoms with Gasteiger partial charge in [-0.25, -0.2) is 0 Å². The maximum Gasteiger partial charge on any atom is 0.123 e. The van der Waals surface area contributed by atoms with E-state index in [1.54, 1.807) is 0 Å². The summed E-state index contributed by atoms with van der Waals surface area (Å²) in [6, 6.07) is 9.92. The third-order valence-electron chi connectivity index (χ3n) is 3.01. The van der Waals surface area contributed by atoms with Gasteiger partial charge in [0.05, 0.1) is 0 Å². The average molecular weight is 196 g/mol. The molecule has 0 heterocycles. The first kappa shape index (κ1) is 8.54. The quantitative estimate of drug-likeness (QED) is 0.683. The van der Waals surface area contributed by atoms with Crippen molar-refractivity contribution in [2.24, 2.45) is 0 Å². The van der Waals surface area contributed by atoms with Crippen LogP contribution in [0.2, 0.25) is 0 Å². The van der Waals surface area contributed by atoms with Crippen LogP contribution in [-0.4, -0.2) is 5.11 Å². The Balaban J connectivity index is 2.46. The van der Waals surface area contributed by atoms with Gasteiger partial charge in [0, 0.05) is 5.39 Å². The number of hydrogen-bond donors (Lipinski definition) is 1. The van der Waals surface area contributed by atoms with E-state index < -0.39 is 0 Å². The van der Waals surface area contributed by atoms with Crippen molar-refractivity contribution in [3.8, 4) is 5.75 Å². The molecule has 74 valence electrons. The van der Waals surface area contributed by atoms with Crippen LogP contribution < -0.4 is 0 Å². The van der Waals surface area contributed by atoms with Crippen LogP contribution in [0.5, 0.6) is 5.75 Å². The normalized spacial score (nSPS) is 14.1. The second-order valence-corrected chi connectivity index (χ2v) is 3.96. The first-order valence-corrected chi connectivity index (χ1v) is 5.26. The standard InChI is InChI=1S/C14H12O/c15-14-9-10-5-1-2-6-11(10)12-7-3-4-8-13(12)14/h2-4,6-9,15H,1,5H2. The number of aromatic hydroxyl groups is 1. The smallest absolute Gasteiger partial charge is 0.123 e. The molecule has 0 spiro atoms. The highest BCUT2D eigenvalue weighted by Gasteiger charge is 2.11. The molecule has 0 atom stereocenters. The minimum Gasteiger partial charge on any atom is -0.507 e. The Labute approximate surface area is 88.7 Å². The molecule has 0 radical (unpaired) electrons. The van der Waals surface area contributed by atoms with Crippen LogP contribution in [0, 0.1) is 0 Å². The van der Waals surface area contributed by atoms with E-state index in [0.29, 0.717) is 5.75 Å². The summed E-state index contributed by atoms with van der Waals surface area (Å²) in [7, 11) is 0. The van der Waals surface area contributed by atoms with Crippen molar-refractivity contribution >= 4 is 16.8 Å². The van der Waals surface area contributed by atoms with Crippen molar-refractivity contribution in [2.75, 3.05) is 0 Å². The molecule has 0 aromatic heterocycles. The van der Waals surface area contributed by atoms with Crippen LogP contribution in [-0.2, 0) is 6.42 Å². The number of allylic oxidation sites excluding steroid dienone is 1. The molecular formula is C14H12O. The van der Waals surface area contributed by atoms with E-state index in [9.17, 15) is 5.11 Å². The number of aryl methyl sites for hydroxylation is 1. The fourth-order valence-corrected chi connectivity index (χ4v) is 2.28. The van der Waals surface area contributed by atoms with Gasteiger partial charge in [0.2, 0.25) is 0 Å². The zero-order valence-electron chi connectivity index (χ0n) is 8.40. The van der Waals surface area contributed by atoms with E-state index in [4.69, 9.17) is 0 Å². The van der Waals surface area contributed by atoms with Gasteiger partial charge < -0.3 is 5.11 Å². The summed E-state index contributed by atoms with van der Waals surface area (Å²) < 4.78 is 0. The van der Waals surface area contributed by atoms with E-state index in [1.165, 1.54) is 11.1 Å². The van der Waals surface area contributed by atoms with E-state index in [2.05, 4.69) is 18.2 Å². The van der Waals surface area contributed by atoms with Gasteiger partial charge in [0.1, 0.15) is 5.75 Å². The molecule has 0 amide bonds. The van der Waals surface area contributed by atoms with Gasteiger partial charge in [0.25, 0.3) is 0 Å². The molecule has 3 rings (SSSR count). The minimum atomic E-state index is 0.402. The lowest BCUT2D eigenvalue weighted by Crippen LogP contribution is -1.95. The highest BCUT2D eigenvalue weighted by atomic mass is 16.3. The molecule has 0 unspecified atom stereocenters. The SMILES string of the molecule is Oc1cc2c(c3ccccc13)C=CCC2. The Hall–Kier alpha value is -1.76. The summed E-state index contributed by atoms with van der Waals surface area (Å²) in [5.41, 5.74) is 2.53. The van der Waals surface area contributed by atoms with E-state index in [1.807, 2.05) is 24.3 Å². The van der Waals surface area contributed by atoms with E-state index in [0.717, 1.165) is 23.6 Å². The van der Waals surface area contributed by atoms with Crippen molar-refractivity contribution in [1.82, 2.24) is 0 Å². The van der Waals surface area contributed by atoms with Gasteiger partial charge in [0.15, 0.2) is 0 Å². The summed E-state index contributed by atoms with van der Waals surface area (Å²) in [6.45, 7) is 0. The Bertz CT molecular complexity index is 553. The summed E-state index contributed by atoms with van der Waals surface area (Å²) in [4.78, 5) is 0. The van der Waals surface area contributed by atoms with Gasteiger partial charge in [-0.05, 0) is 35.4 Å². The zero-order valence-corrected chi connectivity index (χ0v) is 8.40. The molecule has 1 nitrogen and oxygen atoms in total. The molecule has 0 saturated carbocycles. The summed E-state index contributed by atoms with van der Waals surface area (Å²) in [5.74, 6) is 0.402. The van der Waals surface area contributed by atoms with Crippen LogP contribution in [0.4, 0.5) is 0 Å². The monoisotopic (exact) mass is 196 g/mol. The van der Waals surface area contributed by atoms with Crippen LogP contribution >= 0.6 is 0 Å². The lowest BCUT2D eigenvalue weighted by Gasteiger charge is -2.14. The Morgan fingerprint density at radius 3 is 2.73 bits per heavy atom. The average Bonchev–Trinajstić information content (AvgIpc) is 2.30. The van der Waals surface area contributed by atoms with Gasteiger partial charge in [-0.1, -0.05) is 36.4 Å². The Morgan fingerprint density at radius 2 is 1.87 bits per heavy atom. The van der Waals surface area contributed by atoms with Crippen LogP contribution in [0.25, 0.3) is 16.8 Å². The highest BCUT2D eigenvalue weighted by molar-refractivity contribution is 5.96. The maximum atomic E-state index is 9.90. The van der Waals surface area contributed by atoms with E-state index >= 15 is 0 Å². The fourth-order valence-electron chi connectivity index (χ4n) is 2.28. The van der Waals surface area contributed by atoms with Crippen LogP contribution in [0.3, 0.4) is 0 Å². The Kier molecular flexibility index (Phi) is 1.78. The van der Waals surface area contributed by atoms with Gasteiger partial charge >= 0.3 is 0 Å². The van der Waals surface area contributed by atoms with Gasteiger partial charge in [-0.2, -0.15) is 0 Å². The molecule has 1 heteroatoms. The first-order valence-electron chi connectivity index (χ1n) is 5.26.